The number of amides is 1. The Kier molecular flexibility index (Phi) is 3.81. The van der Waals surface area contributed by atoms with Gasteiger partial charge in [-0.15, -0.1) is 0 Å². The molecule has 0 fully saturated rings. The molecule has 3 nitrogen and oxygen atoms in total. The van der Waals surface area contributed by atoms with Gasteiger partial charge in [-0.25, -0.2) is 9.10 Å². The molecule has 0 saturated heterocycles. The van der Waals surface area contributed by atoms with Crippen LogP contribution in [0.4, 0.5) is 4.79 Å². The minimum absolute atomic E-state index is 0.0787. The summed E-state index contributed by atoms with van der Waals surface area (Å²) < 4.78 is 1.06. The number of carbonyl (C=O) groups is 1. The Balaban J connectivity index is 3.83. The van der Waals surface area contributed by atoms with E-state index in [0.717, 1.165) is 4.31 Å². The second kappa shape index (κ2) is 3.85. The van der Waals surface area contributed by atoms with Crippen LogP contribution < -0.4 is 0 Å². The van der Waals surface area contributed by atoms with Gasteiger partial charge in [0, 0.05) is 6.04 Å². The molecular formula is C4H8ClNO2S. The SMILES string of the molecule is CC(C)N(SCl)C(=O)O. The molecule has 9 heavy (non-hydrogen) atoms. The lowest BCUT2D eigenvalue weighted by Crippen LogP contribution is -2.27. The van der Waals surface area contributed by atoms with Gasteiger partial charge in [-0.1, -0.05) is 0 Å². The third kappa shape index (κ3) is 2.81. The highest BCUT2D eigenvalue weighted by Gasteiger charge is 2.14. The molecule has 0 aromatic rings. The van der Waals surface area contributed by atoms with Gasteiger partial charge in [-0.3, -0.25) is 0 Å². The van der Waals surface area contributed by atoms with E-state index in [2.05, 4.69) is 0 Å². The van der Waals surface area contributed by atoms with Crippen LogP contribution in [0.3, 0.4) is 0 Å². The van der Waals surface area contributed by atoms with Gasteiger partial charge < -0.3 is 5.11 Å². The zero-order chi connectivity index (χ0) is 7.44. The van der Waals surface area contributed by atoms with Gasteiger partial charge in [0.15, 0.2) is 0 Å². The van der Waals surface area contributed by atoms with Crippen molar-refractivity contribution in [2.24, 2.45) is 0 Å². The summed E-state index contributed by atoms with van der Waals surface area (Å²) in [7, 11) is 5.22. The second-order valence-electron chi connectivity index (χ2n) is 1.77. The van der Waals surface area contributed by atoms with Crippen LogP contribution in [-0.2, 0) is 0 Å². The van der Waals surface area contributed by atoms with Crippen molar-refractivity contribution in [3.63, 3.8) is 0 Å². The van der Waals surface area contributed by atoms with E-state index >= 15 is 0 Å². The van der Waals surface area contributed by atoms with Gasteiger partial charge in [-0.05, 0) is 24.5 Å². The average molecular weight is 170 g/mol. The molecule has 0 bridgehead atoms. The Morgan fingerprint density at radius 3 is 2.22 bits per heavy atom. The van der Waals surface area contributed by atoms with Crippen molar-refractivity contribution in [2.75, 3.05) is 0 Å². The third-order valence-corrected chi connectivity index (χ3v) is 1.90. The highest BCUT2D eigenvalue weighted by atomic mass is 35.7. The van der Waals surface area contributed by atoms with E-state index in [1.165, 1.54) is 0 Å². The molecule has 5 heteroatoms. The van der Waals surface area contributed by atoms with Crippen molar-refractivity contribution in [1.29, 1.82) is 0 Å². The average Bonchev–Trinajstić information content (AvgIpc) is 1.64. The quantitative estimate of drug-likeness (QED) is 0.645. The maximum atomic E-state index is 10.2. The lowest BCUT2D eigenvalue weighted by atomic mass is 10.4. The van der Waals surface area contributed by atoms with Crippen LogP contribution in [0.2, 0.25) is 0 Å². The van der Waals surface area contributed by atoms with Crippen molar-refractivity contribution < 1.29 is 9.90 Å². The van der Waals surface area contributed by atoms with E-state index in [1.54, 1.807) is 13.8 Å². The molecule has 0 aliphatic carbocycles. The van der Waals surface area contributed by atoms with E-state index in [-0.39, 0.29) is 6.04 Å². The van der Waals surface area contributed by atoms with E-state index in [4.69, 9.17) is 15.8 Å². The number of hydrogen-bond acceptors (Lipinski definition) is 2. The molecule has 54 valence electrons. The zero-order valence-electron chi connectivity index (χ0n) is 5.17. The van der Waals surface area contributed by atoms with Gasteiger partial charge in [0.05, 0.1) is 11.2 Å². The van der Waals surface area contributed by atoms with Gasteiger partial charge in [0.25, 0.3) is 0 Å². The molecule has 1 amide bonds. The summed E-state index contributed by atoms with van der Waals surface area (Å²) in [6.45, 7) is 3.51. The fourth-order valence-corrected chi connectivity index (χ4v) is 1.20. The molecule has 0 unspecified atom stereocenters. The summed E-state index contributed by atoms with van der Waals surface area (Å²) in [4.78, 5) is 10.2. The Morgan fingerprint density at radius 2 is 2.22 bits per heavy atom. The molecule has 0 rings (SSSR count). The number of carboxylic acid groups (broad SMARTS) is 1. The first kappa shape index (κ1) is 8.91. The molecule has 0 aliphatic rings. The second-order valence-corrected chi connectivity index (χ2v) is 2.72. The van der Waals surface area contributed by atoms with E-state index in [9.17, 15) is 4.79 Å². The van der Waals surface area contributed by atoms with Crippen molar-refractivity contribution in [2.45, 2.75) is 19.9 Å². The smallest absolute Gasteiger partial charge is 0.418 e. The zero-order valence-corrected chi connectivity index (χ0v) is 6.74. The summed E-state index contributed by atoms with van der Waals surface area (Å²) in [6, 6.07) is -0.0787. The van der Waals surface area contributed by atoms with Crippen molar-refractivity contribution >= 4 is 27.9 Å². The predicted octanol–water partition coefficient (Wildman–Crippen LogP) is 2.18. The summed E-state index contributed by atoms with van der Waals surface area (Å²) >= 11 is 0.692. The molecule has 0 aliphatic heterocycles. The minimum atomic E-state index is -1.01. The molecular weight excluding hydrogens is 162 g/mol. The van der Waals surface area contributed by atoms with Crippen LogP contribution in [0.15, 0.2) is 0 Å². The summed E-state index contributed by atoms with van der Waals surface area (Å²) in [5, 5.41) is 8.36. The van der Waals surface area contributed by atoms with Crippen molar-refractivity contribution in [3.05, 3.63) is 0 Å². The number of nitrogens with zero attached hydrogens (tertiary/aromatic N) is 1. The highest BCUT2D eigenvalue weighted by molar-refractivity contribution is 8.19. The van der Waals surface area contributed by atoms with Crippen LogP contribution in [-0.4, -0.2) is 21.5 Å². The maximum Gasteiger partial charge on any atom is 0.418 e. The Morgan fingerprint density at radius 1 is 1.78 bits per heavy atom. The van der Waals surface area contributed by atoms with Crippen LogP contribution >= 0.6 is 21.8 Å². The lowest BCUT2D eigenvalue weighted by Gasteiger charge is -2.16. The van der Waals surface area contributed by atoms with Gasteiger partial charge in [0.1, 0.15) is 0 Å². The Hall–Kier alpha value is -0.0900. The standard InChI is InChI=1S/C4H8ClNO2S/c1-3(2)6(9-5)4(7)8/h3H,1-2H3,(H,7,8). The third-order valence-electron chi connectivity index (χ3n) is 0.732. The summed E-state index contributed by atoms with van der Waals surface area (Å²) in [6.07, 6.45) is -1.01. The normalized spacial score (nSPS) is 9.78. The minimum Gasteiger partial charge on any atom is -0.464 e. The fraction of sp³-hybridized carbons (Fsp3) is 0.750. The fourth-order valence-electron chi connectivity index (χ4n) is 0.330. The molecule has 1 N–H and O–H groups in total. The first-order chi connectivity index (χ1) is 4.09. The topological polar surface area (TPSA) is 40.5 Å². The van der Waals surface area contributed by atoms with E-state index in [0.29, 0.717) is 11.2 Å². The maximum absolute atomic E-state index is 10.2. The molecule has 0 aromatic carbocycles. The van der Waals surface area contributed by atoms with Crippen LogP contribution in [0, 0.1) is 0 Å². The monoisotopic (exact) mass is 169 g/mol. The lowest BCUT2D eigenvalue weighted by molar-refractivity contribution is 0.169. The van der Waals surface area contributed by atoms with Crippen LogP contribution in [0.25, 0.3) is 0 Å². The number of halogens is 1. The van der Waals surface area contributed by atoms with E-state index < -0.39 is 6.09 Å². The highest BCUT2D eigenvalue weighted by Crippen LogP contribution is 2.17. The Labute approximate surface area is 62.6 Å². The van der Waals surface area contributed by atoms with Crippen LogP contribution in [0.1, 0.15) is 13.8 Å². The van der Waals surface area contributed by atoms with Crippen molar-refractivity contribution in [3.8, 4) is 0 Å². The van der Waals surface area contributed by atoms with Gasteiger partial charge in [-0.2, -0.15) is 0 Å². The van der Waals surface area contributed by atoms with Crippen LogP contribution in [0.5, 0.6) is 0 Å². The molecule has 0 atom stereocenters. The number of rotatable bonds is 2. The van der Waals surface area contributed by atoms with Gasteiger partial charge >= 0.3 is 6.09 Å². The molecule has 0 aromatic heterocycles. The Bertz CT molecular complexity index is 109. The predicted molar refractivity (Wildman–Crippen MR) is 38.4 cm³/mol. The molecule has 0 saturated carbocycles. The summed E-state index contributed by atoms with van der Waals surface area (Å²) in [5.74, 6) is 0. The largest absolute Gasteiger partial charge is 0.464 e. The van der Waals surface area contributed by atoms with Crippen molar-refractivity contribution in [1.82, 2.24) is 4.31 Å². The number of hydrogen-bond donors (Lipinski definition) is 1. The van der Waals surface area contributed by atoms with E-state index in [1.807, 2.05) is 0 Å². The molecule has 0 heterocycles. The van der Waals surface area contributed by atoms with Gasteiger partial charge in [0.2, 0.25) is 0 Å². The first-order valence-corrected chi connectivity index (χ1v) is 4.00. The molecule has 0 radical (unpaired) electrons. The summed E-state index contributed by atoms with van der Waals surface area (Å²) in [5.41, 5.74) is 0. The first-order valence-electron chi connectivity index (χ1n) is 2.40. The molecule has 0 spiro atoms.